The molecule has 0 amide bonds. The van der Waals surface area contributed by atoms with Gasteiger partial charge in [0, 0.05) is 13.0 Å². The summed E-state index contributed by atoms with van der Waals surface area (Å²) in [6, 6.07) is 9.27. The molecule has 7 N–H and O–H groups in total. The maximum atomic E-state index is 12.8. The van der Waals surface area contributed by atoms with Gasteiger partial charge in [0.25, 0.3) is 11.2 Å². The number of H-pyrrole nitrogens is 1. The molecule has 37 heavy (non-hydrogen) atoms. The Bertz CT molecular complexity index is 1410. The summed E-state index contributed by atoms with van der Waals surface area (Å²) in [4.78, 5) is 46.7. The average molecular weight is 562 g/mol. The highest BCUT2D eigenvalue weighted by atomic mass is 31.3. The number of aromatic amines is 1. The number of ether oxygens (including phenoxy) is 2. The predicted molar refractivity (Wildman–Crippen MR) is 125 cm³/mol. The third kappa shape index (κ3) is 6.33. The van der Waals surface area contributed by atoms with E-state index in [1.54, 1.807) is 4.57 Å². The maximum absolute atomic E-state index is 12.8. The van der Waals surface area contributed by atoms with Gasteiger partial charge in [0.15, 0.2) is 0 Å². The molecule has 1 aliphatic rings. The second-order valence-electron chi connectivity index (χ2n) is 8.27. The third-order valence-corrected chi connectivity index (χ3v) is 7.81. The average Bonchev–Trinajstić information content (AvgIpc) is 3.29. The number of hydrogen-bond donors (Lipinski definition) is 6. The molecule has 5 atom stereocenters. The number of aliphatic hydroxyl groups excluding tert-OH is 1. The fourth-order valence-corrected chi connectivity index (χ4v) is 5.77. The number of aromatic nitrogens is 4. The van der Waals surface area contributed by atoms with Crippen molar-refractivity contribution >= 4 is 32.8 Å². The highest BCUT2D eigenvalue weighted by molar-refractivity contribution is 7.60. The van der Waals surface area contributed by atoms with Crippen molar-refractivity contribution in [2.75, 3.05) is 26.1 Å². The lowest BCUT2D eigenvalue weighted by Crippen LogP contribution is -2.37. The molecule has 16 nitrogen and oxygen atoms in total. The van der Waals surface area contributed by atoms with Gasteiger partial charge in [-0.15, -0.1) is 0 Å². The Balaban J connectivity index is 1.68. The van der Waals surface area contributed by atoms with E-state index in [0.717, 1.165) is 5.56 Å². The quantitative estimate of drug-likeness (QED) is 0.134. The van der Waals surface area contributed by atoms with E-state index in [0.29, 0.717) is 0 Å². The number of aliphatic hydroxyl groups is 1. The third-order valence-electron chi connectivity index (χ3n) is 5.65. The van der Waals surface area contributed by atoms with Gasteiger partial charge in [0.05, 0.1) is 19.3 Å². The number of hydrogen-bond acceptors (Lipinski definition) is 10. The molecular weight excluding hydrogens is 536 g/mol. The first-order chi connectivity index (χ1) is 17.4. The molecule has 1 unspecified atom stereocenters. The van der Waals surface area contributed by atoms with Crippen LogP contribution in [0.4, 0.5) is 5.95 Å². The smallest absolute Gasteiger partial charge is 0.385 e. The fourth-order valence-electron chi connectivity index (χ4n) is 4.17. The number of rotatable bonds is 10. The lowest BCUT2D eigenvalue weighted by molar-refractivity contribution is -0.664. The lowest BCUT2D eigenvalue weighted by atomic mass is 9.99. The molecule has 202 valence electrons. The zero-order valence-electron chi connectivity index (χ0n) is 19.4. The second-order valence-corrected chi connectivity index (χ2v) is 11.1. The summed E-state index contributed by atoms with van der Waals surface area (Å²) in [5.74, 6) is -0.982. The molecule has 0 saturated carbocycles. The van der Waals surface area contributed by atoms with Gasteiger partial charge in [0.1, 0.15) is 12.6 Å². The van der Waals surface area contributed by atoms with Crippen LogP contribution < -0.4 is 15.9 Å². The molecule has 0 spiro atoms. The van der Waals surface area contributed by atoms with Crippen molar-refractivity contribution in [3.8, 4) is 0 Å². The van der Waals surface area contributed by atoms with Gasteiger partial charge in [0.2, 0.25) is 18.5 Å². The van der Waals surface area contributed by atoms with E-state index in [4.69, 9.17) is 29.5 Å². The molecule has 4 rings (SSSR count). The molecule has 1 aliphatic heterocycles. The van der Waals surface area contributed by atoms with Crippen LogP contribution in [0.3, 0.4) is 0 Å². The van der Waals surface area contributed by atoms with Crippen molar-refractivity contribution in [1.29, 1.82) is 0 Å². The van der Waals surface area contributed by atoms with Crippen molar-refractivity contribution < 1.29 is 51.8 Å². The Morgan fingerprint density at radius 2 is 1.92 bits per heavy atom. The molecule has 1 aromatic carbocycles. The molecule has 1 fully saturated rings. The van der Waals surface area contributed by atoms with Gasteiger partial charge in [-0.1, -0.05) is 30.3 Å². The van der Waals surface area contributed by atoms with Crippen LogP contribution in [0.15, 0.2) is 41.5 Å². The minimum absolute atomic E-state index is 0.0693. The SMILES string of the molecule is COC[C@H]1[C@@H](O)[C@H](n2c[n+](Cc3ccccc3)c3c(=O)[nH]c(N)nc32)O[C@@H]1COP(=O)(O)OP(=O)(O)O. The summed E-state index contributed by atoms with van der Waals surface area (Å²) in [5, 5.41) is 11.1. The summed E-state index contributed by atoms with van der Waals surface area (Å²) in [5.41, 5.74) is 6.39. The molecule has 18 heteroatoms. The highest BCUT2D eigenvalue weighted by Crippen LogP contribution is 2.57. The Hall–Kier alpha value is -2.49. The summed E-state index contributed by atoms with van der Waals surface area (Å²) >= 11 is 0. The second kappa shape index (κ2) is 10.7. The van der Waals surface area contributed by atoms with E-state index < -0.39 is 52.2 Å². The van der Waals surface area contributed by atoms with Crippen molar-refractivity contribution in [1.82, 2.24) is 14.5 Å². The number of imidazole rings is 1. The Kier molecular flexibility index (Phi) is 7.97. The highest BCUT2D eigenvalue weighted by Gasteiger charge is 2.49. The number of fused-ring (bicyclic) bond motifs is 1. The Morgan fingerprint density at radius 1 is 1.22 bits per heavy atom. The number of nitrogens with one attached hydrogen (secondary N) is 1. The van der Waals surface area contributed by atoms with Gasteiger partial charge < -0.3 is 35.0 Å². The largest absolute Gasteiger partial charge is 0.481 e. The van der Waals surface area contributed by atoms with Crippen LogP contribution in [0.25, 0.3) is 11.2 Å². The van der Waals surface area contributed by atoms with Crippen LogP contribution in [0.2, 0.25) is 0 Å². The lowest BCUT2D eigenvalue weighted by Gasteiger charge is -2.20. The number of methoxy groups -OCH3 is 1. The van der Waals surface area contributed by atoms with E-state index in [-0.39, 0.29) is 30.3 Å². The van der Waals surface area contributed by atoms with E-state index in [2.05, 4.69) is 14.3 Å². The van der Waals surface area contributed by atoms with E-state index in [9.17, 15) is 23.9 Å². The van der Waals surface area contributed by atoms with Crippen LogP contribution >= 0.6 is 15.6 Å². The first-order valence-electron chi connectivity index (χ1n) is 10.8. The minimum atomic E-state index is -5.32. The topological polar surface area (TPSA) is 233 Å². The number of anilines is 1. The number of nitrogen functional groups attached to an aromatic ring is 1. The number of nitrogens with two attached hydrogens (primary N) is 1. The molecule has 0 bridgehead atoms. The van der Waals surface area contributed by atoms with Crippen LogP contribution in [-0.4, -0.2) is 66.9 Å². The summed E-state index contributed by atoms with van der Waals surface area (Å²) < 4.78 is 45.4. The van der Waals surface area contributed by atoms with Crippen molar-refractivity contribution in [3.63, 3.8) is 0 Å². The van der Waals surface area contributed by atoms with Gasteiger partial charge in [-0.2, -0.15) is 13.9 Å². The van der Waals surface area contributed by atoms with Gasteiger partial charge in [-0.05, 0) is 5.56 Å². The summed E-state index contributed by atoms with van der Waals surface area (Å²) in [7, 11) is -9.12. The minimum Gasteiger partial charge on any atom is -0.385 e. The standard InChI is InChI=1S/C19H25N5O11P2/c1-32-8-12-13(9-33-37(30,31)35-36(27,28)29)34-18(15(12)25)24-10-23(7-11-5-3-2-4-6-11)14-16(24)21-19(20)22-17(14)26/h2-6,10,12-13,15,18,25H,7-9H2,1H3,(H5-,20,21,22,26,27,28,29,30,31)/p+1/t12-,13-,15-,18-/m1/s1. The van der Waals surface area contributed by atoms with E-state index >= 15 is 0 Å². The van der Waals surface area contributed by atoms with Crippen molar-refractivity contribution in [3.05, 3.63) is 52.6 Å². The normalized spacial score (nSPS) is 23.9. The monoisotopic (exact) mass is 562 g/mol. The maximum Gasteiger partial charge on any atom is 0.481 e. The molecule has 2 aromatic heterocycles. The zero-order valence-corrected chi connectivity index (χ0v) is 21.1. The fraction of sp³-hybridized carbons (Fsp3) is 0.421. The number of benzene rings is 1. The van der Waals surface area contributed by atoms with Gasteiger partial charge >= 0.3 is 21.2 Å². The van der Waals surface area contributed by atoms with Crippen LogP contribution in [0.1, 0.15) is 11.8 Å². The van der Waals surface area contributed by atoms with E-state index in [1.807, 2.05) is 30.3 Å². The molecule has 1 saturated heterocycles. The summed E-state index contributed by atoms with van der Waals surface area (Å²) in [6.45, 7) is -0.474. The number of phosphoric acid groups is 2. The zero-order chi connectivity index (χ0) is 27.0. The summed E-state index contributed by atoms with van der Waals surface area (Å²) in [6.07, 6.45) is -2.01. The van der Waals surface area contributed by atoms with Gasteiger partial charge in [-0.3, -0.25) is 14.3 Å². The van der Waals surface area contributed by atoms with Crippen LogP contribution in [-0.2, 0) is 34.0 Å². The molecule has 0 radical (unpaired) electrons. The van der Waals surface area contributed by atoms with Crippen molar-refractivity contribution in [2.45, 2.75) is 25.0 Å². The van der Waals surface area contributed by atoms with Crippen molar-refractivity contribution in [2.24, 2.45) is 5.92 Å². The first-order valence-corrected chi connectivity index (χ1v) is 13.8. The van der Waals surface area contributed by atoms with Gasteiger partial charge in [-0.25, -0.2) is 13.7 Å². The predicted octanol–water partition coefficient (Wildman–Crippen LogP) is -0.610. The Labute approximate surface area is 209 Å². The molecule has 3 heterocycles. The molecular formula is C19H26N5O11P2+. The Morgan fingerprint density at radius 3 is 2.57 bits per heavy atom. The molecule has 0 aliphatic carbocycles. The first kappa shape index (κ1) is 27.5. The van der Waals surface area contributed by atoms with Crippen LogP contribution in [0.5, 0.6) is 0 Å². The molecule has 3 aromatic rings. The van der Waals surface area contributed by atoms with E-state index in [1.165, 1.54) is 18.0 Å². The van der Waals surface area contributed by atoms with Crippen LogP contribution in [0, 0.1) is 5.92 Å². The number of phosphoric ester groups is 1. The number of nitrogens with zero attached hydrogens (tertiary/aromatic N) is 3.